The van der Waals surface area contributed by atoms with Crippen molar-refractivity contribution >= 4 is 0 Å². The Morgan fingerprint density at radius 1 is 1.11 bits per heavy atom. The molecule has 0 amide bonds. The molecule has 1 aromatic carbocycles. The maximum Gasteiger partial charge on any atom is 0.0424 e. The molecule has 0 radical (unpaired) electrons. The molecular formula is C17H30N2. The van der Waals surface area contributed by atoms with Crippen LogP contribution >= 0.6 is 0 Å². The fraction of sp³-hybridized carbons (Fsp3) is 0.647. The minimum absolute atomic E-state index is 0.115. The molecule has 0 fully saturated rings. The van der Waals surface area contributed by atoms with Gasteiger partial charge in [0.15, 0.2) is 0 Å². The van der Waals surface area contributed by atoms with Crippen molar-refractivity contribution < 1.29 is 0 Å². The number of hydrogen-bond acceptors (Lipinski definition) is 2. The van der Waals surface area contributed by atoms with E-state index >= 15 is 0 Å². The van der Waals surface area contributed by atoms with Crippen molar-refractivity contribution in [3.05, 3.63) is 35.4 Å². The van der Waals surface area contributed by atoms with Crippen molar-refractivity contribution in [1.82, 2.24) is 4.90 Å². The quantitative estimate of drug-likeness (QED) is 0.773. The van der Waals surface area contributed by atoms with Gasteiger partial charge in [-0.05, 0) is 37.4 Å². The van der Waals surface area contributed by atoms with Gasteiger partial charge in [-0.3, -0.25) is 4.90 Å². The van der Waals surface area contributed by atoms with E-state index in [1.165, 1.54) is 24.0 Å². The average Bonchev–Trinajstić information content (AvgIpc) is 2.44. The van der Waals surface area contributed by atoms with Gasteiger partial charge in [0.2, 0.25) is 0 Å². The van der Waals surface area contributed by atoms with Gasteiger partial charge in [0.05, 0.1) is 0 Å². The smallest absolute Gasteiger partial charge is 0.0424 e. The Balaban J connectivity index is 2.63. The maximum atomic E-state index is 6.35. The Labute approximate surface area is 119 Å². The number of aryl methyl sites for hydroxylation is 1. The Morgan fingerprint density at radius 2 is 1.74 bits per heavy atom. The first-order valence-electron chi connectivity index (χ1n) is 7.70. The van der Waals surface area contributed by atoms with E-state index in [1.54, 1.807) is 0 Å². The third kappa shape index (κ3) is 4.96. The molecule has 0 spiro atoms. The second-order valence-corrected chi connectivity index (χ2v) is 5.44. The fourth-order valence-electron chi connectivity index (χ4n) is 2.46. The molecule has 19 heavy (non-hydrogen) atoms. The summed E-state index contributed by atoms with van der Waals surface area (Å²) >= 11 is 0. The third-order valence-corrected chi connectivity index (χ3v) is 4.00. The van der Waals surface area contributed by atoms with Gasteiger partial charge in [-0.2, -0.15) is 0 Å². The summed E-state index contributed by atoms with van der Waals surface area (Å²) in [5.41, 5.74) is 9.01. The Hall–Kier alpha value is -0.860. The Kier molecular flexibility index (Phi) is 7.11. The van der Waals surface area contributed by atoms with Gasteiger partial charge >= 0.3 is 0 Å². The molecule has 0 aliphatic heterocycles. The molecular weight excluding hydrogens is 232 g/mol. The fourth-order valence-corrected chi connectivity index (χ4v) is 2.46. The van der Waals surface area contributed by atoms with Crippen molar-refractivity contribution in [2.45, 2.75) is 59.0 Å². The monoisotopic (exact) mass is 262 g/mol. The van der Waals surface area contributed by atoms with E-state index in [0.29, 0.717) is 6.04 Å². The highest BCUT2D eigenvalue weighted by Gasteiger charge is 2.15. The molecule has 2 heteroatoms. The van der Waals surface area contributed by atoms with Crippen LogP contribution in [0.4, 0.5) is 0 Å². The molecule has 0 bridgehead atoms. The molecule has 1 rings (SSSR count). The zero-order valence-electron chi connectivity index (χ0n) is 13.0. The van der Waals surface area contributed by atoms with Crippen molar-refractivity contribution in [3.63, 3.8) is 0 Å². The van der Waals surface area contributed by atoms with Crippen molar-refractivity contribution in [1.29, 1.82) is 0 Å². The zero-order chi connectivity index (χ0) is 14.3. The molecule has 2 unspecified atom stereocenters. The van der Waals surface area contributed by atoms with Crippen molar-refractivity contribution in [2.75, 3.05) is 13.1 Å². The van der Waals surface area contributed by atoms with Gasteiger partial charge in [0.25, 0.3) is 0 Å². The van der Waals surface area contributed by atoms with Crippen LogP contribution in [0.2, 0.25) is 0 Å². The first kappa shape index (κ1) is 16.2. The van der Waals surface area contributed by atoms with Crippen molar-refractivity contribution in [2.24, 2.45) is 5.73 Å². The number of likely N-dealkylation sites (N-methyl/N-ethyl adjacent to an activating group) is 1. The van der Waals surface area contributed by atoms with E-state index in [2.05, 4.69) is 56.9 Å². The van der Waals surface area contributed by atoms with E-state index in [0.717, 1.165) is 19.5 Å². The second kappa shape index (κ2) is 8.34. The minimum atomic E-state index is 0.115. The molecule has 2 N–H and O–H groups in total. The third-order valence-electron chi connectivity index (χ3n) is 4.00. The van der Waals surface area contributed by atoms with E-state index in [9.17, 15) is 0 Å². The molecule has 2 nitrogen and oxygen atoms in total. The first-order chi connectivity index (χ1) is 9.12. The lowest BCUT2D eigenvalue weighted by Crippen LogP contribution is -2.38. The summed E-state index contributed by atoms with van der Waals surface area (Å²) in [5.74, 6) is 0. The van der Waals surface area contributed by atoms with Crippen LogP contribution in [0.1, 0.15) is 57.7 Å². The first-order valence-corrected chi connectivity index (χ1v) is 7.70. The van der Waals surface area contributed by atoms with E-state index < -0.39 is 0 Å². The lowest BCUT2D eigenvalue weighted by Gasteiger charge is -2.29. The summed E-state index contributed by atoms with van der Waals surface area (Å²) in [6.07, 6.45) is 3.53. The molecule has 108 valence electrons. The summed E-state index contributed by atoms with van der Waals surface area (Å²) in [6, 6.07) is 9.55. The summed E-state index contributed by atoms with van der Waals surface area (Å²) in [6.45, 7) is 10.9. The maximum absolute atomic E-state index is 6.35. The SMILES string of the molecule is CCCc1ccc(C(N)CN(CC)C(C)CC)cc1. The lowest BCUT2D eigenvalue weighted by atomic mass is 10.0. The average molecular weight is 262 g/mol. The number of benzene rings is 1. The second-order valence-electron chi connectivity index (χ2n) is 5.44. The van der Waals surface area contributed by atoms with Gasteiger partial charge < -0.3 is 5.73 Å². The Morgan fingerprint density at radius 3 is 2.21 bits per heavy atom. The van der Waals surface area contributed by atoms with Gasteiger partial charge in [-0.15, -0.1) is 0 Å². The highest BCUT2D eigenvalue weighted by molar-refractivity contribution is 5.25. The number of hydrogen-bond donors (Lipinski definition) is 1. The zero-order valence-corrected chi connectivity index (χ0v) is 13.0. The molecule has 0 aromatic heterocycles. The number of nitrogens with zero attached hydrogens (tertiary/aromatic N) is 1. The molecule has 0 saturated carbocycles. The molecule has 0 heterocycles. The molecule has 1 aromatic rings. The summed E-state index contributed by atoms with van der Waals surface area (Å²) in [7, 11) is 0. The van der Waals surface area contributed by atoms with Crippen LogP contribution in [0, 0.1) is 0 Å². The van der Waals surface area contributed by atoms with E-state index in [1.807, 2.05) is 0 Å². The highest BCUT2D eigenvalue weighted by Crippen LogP contribution is 2.16. The summed E-state index contributed by atoms with van der Waals surface area (Å²) in [4.78, 5) is 2.46. The largest absolute Gasteiger partial charge is 0.323 e. The van der Waals surface area contributed by atoms with Crippen LogP contribution in [0.15, 0.2) is 24.3 Å². The topological polar surface area (TPSA) is 29.3 Å². The van der Waals surface area contributed by atoms with E-state index in [4.69, 9.17) is 5.73 Å². The predicted octanol–water partition coefficient (Wildman–Crippen LogP) is 3.76. The molecule has 0 saturated heterocycles. The lowest BCUT2D eigenvalue weighted by molar-refractivity contribution is 0.202. The van der Waals surface area contributed by atoms with Gasteiger partial charge in [-0.1, -0.05) is 51.5 Å². The van der Waals surface area contributed by atoms with Crippen molar-refractivity contribution in [3.8, 4) is 0 Å². The Bertz CT molecular complexity index is 345. The van der Waals surface area contributed by atoms with E-state index in [-0.39, 0.29) is 6.04 Å². The van der Waals surface area contributed by atoms with Crippen LogP contribution in [0.25, 0.3) is 0 Å². The number of rotatable bonds is 8. The number of nitrogens with two attached hydrogens (primary N) is 1. The highest BCUT2D eigenvalue weighted by atomic mass is 15.2. The predicted molar refractivity (Wildman–Crippen MR) is 84.4 cm³/mol. The van der Waals surface area contributed by atoms with Gasteiger partial charge in [0, 0.05) is 18.6 Å². The van der Waals surface area contributed by atoms with Crippen LogP contribution in [0.3, 0.4) is 0 Å². The molecule has 0 aliphatic rings. The molecule has 0 aliphatic carbocycles. The van der Waals surface area contributed by atoms with Crippen LogP contribution in [0.5, 0.6) is 0 Å². The minimum Gasteiger partial charge on any atom is -0.323 e. The van der Waals surface area contributed by atoms with Crippen LogP contribution in [-0.4, -0.2) is 24.0 Å². The van der Waals surface area contributed by atoms with Gasteiger partial charge in [-0.25, -0.2) is 0 Å². The summed E-state index contributed by atoms with van der Waals surface area (Å²) < 4.78 is 0. The van der Waals surface area contributed by atoms with Crippen LogP contribution in [-0.2, 0) is 6.42 Å². The summed E-state index contributed by atoms with van der Waals surface area (Å²) in [5, 5.41) is 0. The van der Waals surface area contributed by atoms with Crippen LogP contribution < -0.4 is 5.73 Å². The molecule has 2 atom stereocenters. The normalized spacial score (nSPS) is 14.6. The van der Waals surface area contributed by atoms with Gasteiger partial charge in [0.1, 0.15) is 0 Å². The standard InChI is InChI=1S/C17H30N2/c1-5-8-15-9-11-16(12-10-15)17(18)13-19(7-3)14(4)6-2/h9-12,14,17H,5-8,13,18H2,1-4H3.